The molecule has 0 aliphatic rings. The van der Waals surface area contributed by atoms with Crippen molar-refractivity contribution in [2.45, 2.75) is 12.4 Å². The van der Waals surface area contributed by atoms with Crippen molar-refractivity contribution >= 4 is 17.7 Å². The van der Waals surface area contributed by atoms with E-state index in [0.29, 0.717) is 6.61 Å². The molecule has 0 saturated carbocycles. The van der Waals surface area contributed by atoms with Crippen LogP contribution in [0.25, 0.3) is 0 Å². The van der Waals surface area contributed by atoms with Gasteiger partial charge in [0.15, 0.2) is 0 Å². The summed E-state index contributed by atoms with van der Waals surface area (Å²) in [4.78, 5) is 11.0. The van der Waals surface area contributed by atoms with E-state index in [-0.39, 0.29) is 0 Å². The molecule has 1 amide bonds. The molecular formula is C10H12ClNO2. The SMILES string of the molecule is CCOC(=O)NC(Cl)c1ccccc1. The predicted octanol–water partition coefficient (Wildman–Crippen LogP) is 2.67. The Kier molecular flexibility index (Phi) is 4.26. The summed E-state index contributed by atoms with van der Waals surface area (Å²) < 4.78 is 4.70. The minimum absolute atomic E-state index is 0.338. The highest BCUT2D eigenvalue weighted by molar-refractivity contribution is 6.21. The van der Waals surface area contributed by atoms with Gasteiger partial charge in [-0.25, -0.2) is 4.79 Å². The minimum atomic E-state index is -0.546. The Morgan fingerprint density at radius 2 is 2.14 bits per heavy atom. The molecule has 0 aliphatic carbocycles. The lowest BCUT2D eigenvalue weighted by atomic mass is 10.2. The Bertz CT molecular complexity index is 289. The molecule has 0 saturated heterocycles. The summed E-state index contributed by atoms with van der Waals surface area (Å²) in [6.45, 7) is 2.08. The van der Waals surface area contributed by atoms with Crippen molar-refractivity contribution in [2.24, 2.45) is 0 Å². The molecule has 4 heteroatoms. The summed E-state index contributed by atoms with van der Waals surface area (Å²) in [5.41, 5.74) is 0.289. The molecule has 0 bridgehead atoms. The largest absolute Gasteiger partial charge is 0.450 e. The van der Waals surface area contributed by atoms with Crippen LogP contribution in [0.3, 0.4) is 0 Å². The van der Waals surface area contributed by atoms with Gasteiger partial charge in [-0.15, -0.1) is 0 Å². The highest BCUT2D eigenvalue weighted by atomic mass is 35.5. The number of nitrogens with one attached hydrogen (secondary N) is 1. The van der Waals surface area contributed by atoms with Gasteiger partial charge in [-0.2, -0.15) is 0 Å². The van der Waals surface area contributed by atoms with Crippen molar-refractivity contribution < 1.29 is 9.53 Å². The molecule has 1 unspecified atom stereocenters. The van der Waals surface area contributed by atoms with Crippen LogP contribution in [0, 0.1) is 0 Å². The molecule has 1 aromatic rings. The van der Waals surface area contributed by atoms with Gasteiger partial charge in [0.1, 0.15) is 5.50 Å². The maximum Gasteiger partial charge on any atom is 0.408 e. The van der Waals surface area contributed by atoms with Crippen LogP contribution >= 0.6 is 11.6 Å². The van der Waals surface area contributed by atoms with E-state index in [1.165, 1.54) is 0 Å². The van der Waals surface area contributed by atoms with E-state index in [0.717, 1.165) is 5.56 Å². The van der Waals surface area contributed by atoms with Crippen LogP contribution in [0.15, 0.2) is 30.3 Å². The average molecular weight is 214 g/mol. The van der Waals surface area contributed by atoms with E-state index in [4.69, 9.17) is 16.3 Å². The summed E-state index contributed by atoms with van der Waals surface area (Å²) in [6, 6.07) is 9.28. The molecule has 76 valence electrons. The van der Waals surface area contributed by atoms with E-state index >= 15 is 0 Å². The molecule has 0 aromatic heterocycles. The third-order valence-corrected chi connectivity index (χ3v) is 1.97. The van der Waals surface area contributed by atoms with Gasteiger partial charge >= 0.3 is 6.09 Å². The Morgan fingerprint density at radius 3 is 2.71 bits per heavy atom. The smallest absolute Gasteiger partial charge is 0.408 e. The van der Waals surface area contributed by atoms with Crippen LogP contribution in [0.4, 0.5) is 4.79 Å². The molecule has 0 spiro atoms. The number of amides is 1. The second kappa shape index (κ2) is 5.50. The van der Waals surface area contributed by atoms with E-state index in [9.17, 15) is 4.79 Å². The van der Waals surface area contributed by atoms with E-state index in [2.05, 4.69) is 5.32 Å². The van der Waals surface area contributed by atoms with Crippen molar-refractivity contribution in [3.05, 3.63) is 35.9 Å². The van der Waals surface area contributed by atoms with Gasteiger partial charge in [0.25, 0.3) is 0 Å². The molecule has 0 aliphatic heterocycles. The number of carbonyl (C=O) groups excluding carboxylic acids is 1. The normalized spacial score (nSPS) is 11.9. The molecule has 1 atom stereocenters. The van der Waals surface area contributed by atoms with Crippen LogP contribution in [0.1, 0.15) is 18.0 Å². The van der Waals surface area contributed by atoms with Gasteiger partial charge < -0.3 is 10.1 Å². The number of halogens is 1. The quantitative estimate of drug-likeness (QED) is 0.619. The van der Waals surface area contributed by atoms with Gasteiger partial charge in [0, 0.05) is 0 Å². The monoisotopic (exact) mass is 213 g/mol. The average Bonchev–Trinajstić information content (AvgIpc) is 2.19. The number of hydrogen-bond donors (Lipinski definition) is 1. The fraction of sp³-hybridized carbons (Fsp3) is 0.300. The Morgan fingerprint density at radius 1 is 1.50 bits per heavy atom. The summed E-state index contributed by atoms with van der Waals surface area (Å²) in [6.07, 6.45) is -0.503. The lowest BCUT2D eigenvalue weighted by Gasteiger charge is -2.11. The van der Waals surface area contributed by atoms with Gasteiger partial charge in [-0.05, 0) is 12.5 Å². The highest BCUT2D eigenvalue weighted by Crippen LogP contribution is 2.16. The zero-order chi connectivity index (χ0) is 10.4. The van der Waals surface area contributed by atoms with Crippen molar-refractivity contribution in [3.8, 4) is 0 Å². The zero-order valence-corrected chi connectivity index (χ0v) is 8.62. The first-order valence-electron chi connectivity index (χ1n) is 4.36. The van der Waals surface area contributed by atoms with Crippen molar-refractivity contribution in [3.63, 3.8) is 0 Å². The zero-order valence-electron chi connectivity index (χ0n) is 7.87. The van der Waals surface area contributed by atoms with Gasteiger partial charge in [0.2, 0.25) is 0 Å². The Hall–Kier alpha value is -1.22. The first-order valence-corrected chi connectivity index (χ1v) is 4.80. The summed E-state index contributed by atoms with van der Waals surface area (Å²) >= 11 is 5.92. The van der Waals surface area contributed by atoms with Crippen molar-refractivity contribution in [2.75, 3.05) is 6.61 Å². The highest BCUT2D eigenvalue weighted by Gasteiger charge is 2.10. The van der Waals surface area contributed by atoms with E-state index in [1.54, 1.807) is 6.92 Å². The molecule has 0 fully saturated rings. The van der Waals surface area contributed by atoms with Gasteiger partial charge in [-0.1, -0.05) is 41.9 Å². The fourth-order valence-electron chi connectivity index (χ4n) is 0.982. The number of benzene rings is 1. The van der Waals surface area contributed by atoms with Gasteiger partial charge in [0.05, 0.1) is 6.61 Å². The molecular weight excluding hydrogens is 202 g/mol. The number of alkyl halides is 1. The molecule has 3 nitrogen and oxygen atoms in total. The fourth-order valence-corrected chi connectivity index (χ4v) is 1.22. The number of ether oxygens (including phenoxy) is 1. The molecule has 1 N–H and O–H groups in total. The Balaban J connectivity index is 2.50. The summed E-state index contributed by atoms with van der Waals surface area (Å²) in [5, 5.41) is 2.50. The number of carbonyl (C=O) groups is 1. The summed E-state index contributed by atoms with van der Waals surface area (Å²) in [5.74, 6) is 0. The van der Waals surface area contributed by atoms with Gasteiger partial charge in [-0.3, -0.25) is 0 Å². The Labute approximate surface area is 88.0 Å². The maximum atomic E-state index is 11.0. The van der Waals surface area contributed by atoms with Crippen LogP contribution in [-0.2, 0) is 4.74 Å². The van der Waals surface area contributed by atoms with E-state index in [1.807, 2.05) is 30.3 Å². The lowest BCUT2D eigenvalue weighted by Crippen LogP contribution is -2.25. The topological polar surface area (TPSA) is 38.3 Å². The number of rotatable bonds is 3. The molecule has 0 heterocycles. The van der Waals surface area contributed by atoms with Crippen LogP contribution in [0.5, 0.6) is 0 Å². The number of alkyl carbamates (subject to hydrolysis) is 1. The molecule has 0 radical (unpaired) electrons. The third-order valence-electron chi connectivity index (χ3n) is 1.61. The third kappa shape index (κ3) is 3.26. The first-order chi connectivity index (χ1) is 6.74. The molecule has 1 aromatic carbocycles. The number of hydrogen-bond acceptors (Lipinski definition) is 2. The lowest BCUT2D eigenvalue weighted by molar-refractivity contribution is 0.151. The van der Waals surface area contributed by atoms with Crippen LogP contribution in [-0.4, -0.2) is 12.7 Å². The second-order valence-corrected chi connectivity index (χ2v) is 3.07. The van der Waals surface area contributed by atoms with Crippen LogP contribution < -0.4 is 5.32 Å². The summed E-state index contributed by atoms with van der Waals surface area (Å²) in [7, 11) is 0. The first kappa shape index (κ1) is 10.9. The van der Waals surface area contributed by atoms with E-state index < -0.39 is 11.6 Å². The maximum absolute atomic E-state index is 11.0. The molecule has 1 rings (SSSR count). The predicted molar refractivity (Wildman–Crippen MR) is 55.2 cm³/mol. The second-order valence-electron chi connectivity index (χ2n) is 2.64. The van der Waals surface area contributed by atoms with Crippen molar-refractivity contribution in [1.29, 1.82) is 0 Å². The molecule has 14 heavy (non-hydrogen) atoms. The minimum Gasteiger partial charge on any atom is -0.450 e. The van der Waals surface area contributed by atoms with Crippen molar-refractivity contribution in [1.82, 2.24) is 5.32 Å². The standard InChI is InChI=1S/C10H12ClNO2/c1-2-14-10(13)12-9(11)8-6-4-3-5-7-8/h3-7,9H,2H2,1H3,(H,12,13). The van der Waals surface area contributed by atoms with Crippen LogP contribution in [0.2, 0.25) is 0 Å².